The van der Waals surface area contributed by atoms with E-state index in [1.807, 2.05) is 48.7 Å². The van der Waals surface area contributed by atoms with Gasteiger partial charge in [-0.2, -0.15) is 0 Å². The number of benzene rings is 1. The summed E-state index contributed by atoms with van der Waals surface area (Å²) in [6, 6.07) is 11.5. The molecule has 0 atom stereocenters. The largest absolute Gasteiger partial charge is 0.347 e. The summed E-state index contributed by atoms with van der Waals surface area (Å²) in [5.74, 6) is -0.227. The molecule has 0 aliphatic rings. The first kappa shape index (κ1) is 16.2. The Labute approximate surface area is 134 Å². The van der Waals surface area contributed by atoms with Crippen molar-refractivity contribution in [3.8, 4) is 0 Å². The van der Waals surface area contributed by atoms with Crippen LogP contribution >= 0.6 is 11.3 Å². The van der Waals surface area contributed by atoms with Crippen molar-refractivity contribution in [2.45, 2.75) is 19.9 Å². The number of nitrogens with zero attached hydrogens (tertiary/aromatic N) is 1. The van der Waals surface area contributed by atoms with Gasteiger partial charge in [-0.3, -0.25) is 9.59 Å². The number of carbonyl (C=O) groups is 2. The second kappa shape index (κ2) is 7.75. The minimum Gasteiger partial charge on any atom is -0.347 e. The van der Waals surface area contributed by atoms with Crippen LogP contribution in [-0.4, -0.2) is 30.3 Å². The first-order chi connectivity index (χ1) is 10.6. The zero-order valence-corrected chi connectivity index (χ0v) is 13.7. The van der Waals surface area contributed by atoms with Crippen LogP contribution in [-0.2, 0) is 22.6 Å². The molecule has 116 valence electrons. The van der Waals surface area contributed by atoms with Gasteiger partial charge in [0, 0.05) is 11.9 Å². The number of thiophene rings is 1. The molecule has 1 aromatic carbocycles. The molecule has 22 heavy (non-hydrogen) atoms. The number of likely N-dealkylation sites (N-methyl/N-ethyl adjacent to an activating group) is 1. The van der Waals surface area contributed by atoms with Gasteiger partial charge in [0.15, 0.2) is 0 Å². The molecular formula is C17H20N2O2S. The highest BCUT2D eigenvalue weighted by Crippen LogP contribution is 2.17. The average molecular weight is 316 g/mol. The fourth-order valence-corrected chi connectivity index (χ4v) is 2.98. The van der Waals surface area contributed by atoms with Gasteiger partial charge >= 0.3 is 0 Å². The van der Waals surface area contributed by atoms with E-state index in [1.54, 1.807) is 23.3 Å². The van der Waals surface area contributed by atoms with E-state index in [0.29, 0.717) is 13.0 Å². The first-order valence-electron chi connectivity index (χ1n) is 7.14. The number of hydrogen-bond donors (Lipinski definition) is 1. The van der Waals surface area contributed by atoms with Crippen molar-refractivity contribution < 1.29 is 9.59 Å². The van der Waals surface area contributed by atoms with Gasteiger partial charge in [-0.05, 0) is 29.5 Å². The molecule has 2 amide bonds. The van der Waals surface area contributed by atoms with Crippen molar-refractivity contribution in [3.63, 3.8) is 0 Å². The van der Waals surface area contributed by atoms with E-state index in [1.165, 1.54) is 10.4 Å². The fraction of sp³-hybridized carbons (Fsp3) is 0.294. The van der Waals surface area contributed by atoms with E-state index in [4.69, 9.17) is 0 Å². The quantitative estimate of drug-likeness (QED) is 0.889. The molecule has 1 N–H and O–H groups in total. The van der Waals surface area contributed by atoms with Crippen LogP contribution in [0, 0.1) is 6.92 Å². The Bertz CT molecular complexity index is 637. The summed E-state index contributed by atoms with van der Waals surface area (Å²) in [5.41, 5.74) is 2.13. The maximum Gasteiger partial charge on any atom is 0.242 e. The minimum absolute atomic E-state index is 0.0343. The second-order valence-electron chi connectivity index (χ2n) is 5.22. The summed E-state index contributed by atoms with van der Waals surface area (Å²) in [4.78, 5) is 26.7. The molecule has 0 bridgehead atoms. The molecule has 1 aromatic heterocycles. The summed E-state index contributed by atoms with van der Waals surface area (Å²) in [6.07, 6.45) is 0.294. The highest BCUT2D eigenvalue weighted by molar-refractivity contribution is 7.10. The lowest BCUT2D eigenvalue weighted by molar-refractivity contribution is -0.132. The summed E-state index contributed by atoms with van der Waals surface area (Å²) >= 11 is 1.64. The Kier molecular flexibility index (Phi) is 5.72. The molecule has 1 heterocycles. The van der Waals surface area contributed by atoms with E-state index in [2.05, 4.69) is 5.32 Å². The molecule has 2 aromatic rings. The molecule has 2 rings (SSSR count). The maximum atomic E-state index is 12.1. The summed E-state index contributed by atoms with van der Waals surface area (Å²) in [5, 5.41) is 4.70. The third-order valence-electron chi connectivity index (χ3n) is 3.42. The van der Waals surface area contributed by atoms with Crippen molar-refractivity contribution in [2.24, 2.45) is 0 Å². The standard InChI is InChI=1S/C17H20N2O2S/c1-13-8-9-22-15(13)12-19(2)17(21)11-18-16(20)10-14-6-4-3-5-7-14/h3-9H,10-12H2,1-2H3,(H,18,20). The SMILES string of the molecule is Cc1ccsc1CN(C)C(=O)CNC(=O)Cc1ccccc1. The van der Waals surface area contributed by atoms with Gasteiger partial charge in [-0.1, -0.05) is 30.3 Å². The Morgan fingerprint density at radius 2 is 1.91 bits per heavy atom. The average Bonchev–Trinajstić information content (AvgIpc) is 2.91. The van der Waals surface area contributed by atoms with Crippen molar-refractivity contribution in [3.05, 3.63) is 57.8 Å². The van der Waals surface area contributed by atoms with Gasteiger partial charge in [0.25, 0.3) is 0 Å². The molecule has 0 saturated carbocycles. The smallest absolute Gasteiger partial charge is 0.242 e. The number of aryl methyl sites for hydroxylation is 1. The number of rotatable bonds is 6. The van der Waals surface area contributed by atoms with Gasteiger partial charge in [-0.25, -0.2) is 0 Å². The van der Waals surface area contributed by atoms with Crippen LogP contribution in [0.5, 0.6) is 0 Å². The Balaban J connectivity index is 1.77. The van der Waals surface area contributed by atoms with Crippen LogP contribution in [0.1, 0.15) is 16.0 Å². The normalized spacial score (nSPS) is 10.3. The highest BCUT2D eigenvalue weighted by atomic mass is 32.1. The van der Waals surface area contributed by atoms with Gasteiger partial charge < -0.3 is 10.2 Å². The Morgan fingerprint density at radius 1 is 1.18 bits per heavy atom. The van der Waals surface area contributed by atoms with Crippen molar-refractivity contribution >= 4 is 23.2 Å². The fourth-order valence-electron chi connectivity index (χ4n) is 2.02. The zero-order valence-electron chi connectivity index (χ0n) is 12.8. The first-order valence-corrected chi connectivity index (χ1v) is 8.02. The molecular weight excluding hydrogens is 296 g/mol. The molecule has 0 aliphatic heterocycles. The van der Waals surface area contributed by atoms with Gasteiger partial charge in [-0.15, -0.1) is 11.3 Å². The number of carbonyl (C=O) groups excluding carboxylic acids is 2. The highest BCUT2D eigenvalue weighted by Gasteiger charge is 2.12. The second-order valence-corrected chi connectivity index (χ2v) is 6.22. The molecule has 0 unspecified atom stereocenters. The van der Waals surface area contributed by atoms with E-state index in [-0.39, 0.29) is 18.4 Å². The van der Waals surface area contributed by atoms with Gasteiger partial charge in [0.2, 0.25) is 11.8 Å². The lowest BCUT2D eigenvalue weighted by Gasteiger charge is -2.17. The molecule has 0 fully saturated rings. The van der Waals surface area contributed by atoms with Crippen LogP contribution < -0.4 is 5.32 Å². The number of nitrogens with one attached hydrogen (secondary N) is 1. The van der Waals surface area contributed by atoms with Gasteiger partial charge in [0.1, 0.15) is 0 Å². The molecule has 0 saturated heterocycles. The van der Waals surface area contributed by atoms with Crippen LogP contribution in [0.3, 0.4) is 0 Å². The van der Waals surface area contributed by atoms with Crippen molar-refractivity contribution in [2.75, 3.05) is 13.6 Å². The van der Waals surface area contributed by atoms with Gasteiger partial charge in [0.05, 0.1) is 19.5 Å². The van der Waals surface area contributed by atoms with E-state index < -0.39 is 0 Å². The third kappa shape index (κ3) is 4.70. The van der Waals surface area contributed by atoms with Crippen molar-refractivity contribution in [1.82, 2.24) is 10.2 Å². The van der Waals surface area contributed by atoms with Crippen LogP contribution in [0.25, 0.3) is 0 Å². The van der Waals surface area contributed by atoms with Crippen LogP contribution in [0.2, 0.25) is 0 Å². The lowest BCUT2D eigenvalue weighted by Crippen LogP contribution is -2.38. The van der Waals surface area contributed by atoms with Crippen molar-refractivity contribution in [1.29, 1.82) is 0 Å². The summed E-state index contributed by atoms with van der Waals surface area (Å²) in [6.45, 7) is 2.65. The third-order valence-corrected chi connectivity index (χ3v) is 4.43. The number of amides is 2. The van der Waals surface area contributed by atoms with E-state index in [0.717, 1.165) is 5.56 Å². The predicted octanol–water partition coefficient (Wildman–Crippen LogP) is 2.37. The minimum atomic E-state index is -0.139. The van der Waals surface area contributed by atoms with Crippen LogP contribution in [0.15, 0.2) is 41.8 Å². The zero-order chi connectivity index (χ0) is 15.9. The molecule has 0 aliphatic carbocycles. The Morgan fingerprint density at radius 3 is 2.55 bits per heavy atom. The van der Waals surface area contributed by atoms with E-state index >= 15 is 0 Å². The monoisotopic (exact) mass is 316 g/mol. The maximum absolute atomic E-state index is 12.1. The molecule has 0 spiro atoms. The molecule has 5 heteroatoms. The molecule has 4 nitrogen and oxygen atoms in total. The van der Waals surface area contributed by atoms with Crippen LogP contribution in [0.4, 0.5) is 0 Å². The number of hydrogen-bond acceptors (Lipinski definition) is 3. The van der Waals surface area contributed by atoms with E-state index in [9.17, 15) is 9.59 Å². The Hall–Kier alpha value is -2.14. The summed E-state index contributed by atoms with van der Waals surface area (Å²) in [7, 11) is 1.75. The molecule has 0 radical (unpaired) electrons. The topological polar surface area (TPSA) is 49.4 Å². The lowest BCUT2D eigenvalue weighted by atomic mass is 10.1. The summed E-state index contributed by atoms with van der Waals surface area (Å²) < 4.78 is 0. The predicted molar refractivity (Wildman–Crippen MR) is 88.7 cm³/mol.